The van der Waals surface area contributed by atoms with Crippen LogP contribution in [0.25, 0.3) is 50.0 Å². The number of imidazole rings is 1. The molecule has 0 saturated heterocycles. The van der Waals surface area contributed by atoms with E-state index in [0.29, 0.717) is 0 Å². The molecule has 6 heteroatoms. The Morgan fingerprint density at radius 2 is 1.29 bits per heavy atom. The summed E-state index contributed by atoms with van der Waals surface area (Å²) in [5.74, 6) is 2.42. The van der Waals surface area contributed by atoms with E-state index in [4.69, 9.17) is 9.72 Å². The number of hydrogen-bond donors (Lipinski definition) is 0. The smallest absolute Gasteiger partial charge is 0.137 e. The fraction of sp³-hybridized carbons (Fsp3) is 0.190. The maximum Gasteiger partial charge on any atom is 0.137 e. The predicted octanol–water partition coefficient (Wildman–Crippen LogP) is 10.7. The quantitative estimate of drug-likeness (QED) is 0.190. The van der Waals surface area contributed by atoms with E-state index in [1.165, 1.54) is 16.5 Å². The first-order valence-corrected chi connectivity index (χ1v) is 16.5. The van der Waals surface area contributed by atoms with Crippen LogP contribution in [0, 0.1) is 0 Å². The molecule has 8 rings (SSSR count). The summed E-state index contributed by atoms with van der Waals surface area (Å²) in [6.07, 6.45) is 7.51. The summed E-state index contributed by atoms with van der Waals surface area (Å²) >= 11 is 0. The zero-order valence-corrected chi connectivity index (χ0v) is 28.3. The fourth-order valence-corrected chi connectivity index (χ4v) is 6.64. The minimum atomic E-state index is -0.0633. The number of hydrogen-bond acceptors (Lipinski definition) is 3. The molecule has 0 aliphatic heterocycles. The Morgan fingerprint density at radius 1 is 0.562 bits per heavy atom. The van der Waals surface area contributed by atoms with Crippen molar-refractivity contribution in [1.82, 2.24) is 23.7 Å². The van der Waals surface area contributed by atoms with Crippen LogP contribution in [0.4, 0.5) is 0 Å². The molecule has 4 aromatic heterocycles. The van der Waals surface area contributed by atoms with Crippen LogP contribution in [0.1, 0.15) is 52.7 Å². The van der Waals surface area contributed by atoms with Crippen LogP contribution < -0.4 is 4.74 Å². The van der Waals surface area contributed by atoms with Gasteiger partial charge in [0.05, 0.1) is 34.1 Å². The van der Waals surface area contributed by atoms with E-state index in [1.54, 1.807) is 6.20 Å². The maximum atomic E-state index is 6.73. The Hall–Kier alpha value is -5.62. The Kier molecular flexibility index (Phi) is 6.81. The molecule has 4 aromatic carbocycles. The Morgan fingerprint density at radius 3 is 2.04 bits per heavy atom. The van der Waals surface area contributed by atoms with E-state index in [2.05, 4.69) is 159 Å². The molecule has 0 spiro atoms. The molecule has 8 aromatic rings. The first-order chi connectivity index (χ1) is 23.1. The third-order valence-electron chi connectivity index (χ3n) is 9.19. The van der Waals surface area contributed by atoms with E-state index in [1.807, 2.05) is 23.3 Å². The average Bonchev–Trinajstić information content (AvgIpc) is 3.80. The topological polar surface area (TPSA) is 49.8 Å². The van der Waals surface area contributed by atoms with Crippen molar-refractivity contribution in [3.63, 3.8) is 0 Å². The Labute approximate surface area is 280 Å². The van der Waals surface area contributed by atoms with Crippen molar-refractivity contribution in [2.24, 2.45) is 0 Å². The molecule has 0 aliphatic rings. The van der Waals surface area contributed by atoms with Gasteiger partial charge in [-0.3, -0.25) is 4.57 Å². The lowest BCUT2D eigenvalue weighted by Gasteiger charge is -2.21. The maximum absolute atomic E-state index is 6.73. The largest absolute Gasteiger partial charge is 0.457 e. The predicted molar refractivity (Wildman–Crippen MR) is 196 cm³/mol. The van der Waals surface area contributed by atoms with Crippen LogP contribution in [-0.4, -0.2) is 23.7 Å². The minimum Gasteiger partial charge on any atom is -0.457 e. The normalized spacial score (nSPS) is 12.4. The molecular weight excluding hydrogens is 590 g/mol. The zero-order chi connectivity index (χ0) is 33.2. The molecule has 6 nitrogen and oxygen atoms in total. The first-order valence-electron chi connectivity index (χ1n) is 16.5. The monoisotopic (exact) mass is 629 g/mol. The number of rotatable bonds is 5. The molecule has 0 aliphatic carbocycles. The van der Waals surface area contributed by atoms with Crippen molar-refractivity contribution in [3.05, 3.63) is 139 Å². The summed E-state index contributed by atoms with van der Waals surface area (Å²) < 4.78 is 13.4. The van der Waals surface area contributed by atoms with Crippen LogP contribution in [0.15, 0.2) is 128 Å². The number of pyridine rings is 1. The average molecular weight is 630 g/mol. The summed E-state index contributed by atoms with van der Waals surface area (Å²) in [6, 6.07) is 36.5. The van der Waals surface area contributed by atoms with Crippen molar-refractivity contribution in [2.45, 2.75) is 52.4 Å². The number of ether oxygens (including phenoxy) is 1. The van der Waals surface area contributed by atoms with Crippen LogP contribution >= 0.6 is 0 Å². The second-order valence-corrected chi connectivity index (χ2v) is 14.6. The van der Waals surface area contributed by atoms with Gasteiger partial charge in [0.25, 0.3) is 0 Å². The van der Waals surface area contributed by atoms with E-state index in [9.17, 15) is 0 Å². The number of aromatic nitrogens is 5. The summed E-state index contributed by atoms with van der Waals surface area (Å²) in [4.78, 5) is 9.26. The van der Waals surface area contributed by atoms with Crippen molar-refractivity contribution in [2.75, 3.05) is 0 Å². The lowest BCUT2D eigenvalue weighted by Crippen LogP contribution is -2.12. The van der Waals surface area contributed by atoms with Crippen molar-refractivity contribution < 1.29 is 4.74 Å². The molecule has 0 unspecified atom stereocenters. The highest BCUT2D eigenvalue weighted by Crippen LogP contribution is 2.42. The lowest BCUT2D eigenvalue weighted by molar-refractivity contribution is 0.478. The number of fused-ring (bicyclic) bond motifs is 5. The third-order valence-corrected chi connectivity index (χ3v) is 9.19. The SMILES string of the molecule is CC(C)(C)c1cc(Oc2ccc3c(c2)n(-c2cc(C(C)(C)C)ccn2)c2c4ccccc4n(-c4ccccc4)c32)cc(-n2ccnc2)c1. The second kappa shape index (κ2) is 11.0. The van der Waals surface area contributed by atoms with Gasteiger partial charge in [0.2, 0.25) is 0 Å². The standard InChI is InChI=1S/C42H39N5O/c1-41(2,3)28-18-19-44-38(24-28)47-37-26-32(48-33-23-29(42(4,5)6)22-31(25-33)45-21-20-43-27-45)16-17-35(37)39-40(47)34-14-10-11-15-36(34)46(39)30-12-8-7-9-13-30/h7-27H,1-6H3. The molecular formula is C42H39N5O. The highest BCUT2D eigenvalue weighted by atomic mass is 16.5. The zero-order valence-electron chi connectivity index (χ0n) is 28.3. The molecule has 0 fully saturated rings. The highest BCUT2D eigenvalue weighted by Gasteiger charge is 2.24. The van der Waals surface area contributed by atoms with Crippen molar-refractivity contribution in [1.29, 1.82) is 0 Å². The van der Waals surface area contributed by atoms with Crippen LogP contribution in [0.3, 0.4) is 0 Å². The van der Waals surface area contributed by atoms with Gasteiger partial charge >= 0.3 is 0 Å². The summed E-state index contributed by atoms with van der Waals surface area (Å²) in [5.41, 5.74) is 8.90. The van der Waals surface area contributed by atoms with Gasteiger partial charge in [-0.15, -0.1) is 0 Å². The van der Waals surface area contributed by atoms with Crippen LogP contribution in [0.5, 0.6) is 11.5 Å². The minimum absolute atomic E-state index is 0.0307. The van der Waals surface area contributed by atoms with E-state index in [-0.39, 0.29) is 10.8 Å². The van der Waals surface area contributed by atoms with Gasteiger partial charge in [-0.2, -0.15) is 0 Å². The van der Waals surface area contributed by atoms with Gasteiger partial charge in [-0.05, 0) is 76.6 Å². The molecule has 0 amide bonds. The lowest BCUT2D eigenvalue weighted by atomic mass is 9.86. The molecule has 0 N–H and O–H groups in total. The van der Waals surface area contributed by atoms with E-state index < -0.39 is 0 Å². The fourth-order valence-electron chi connectivity index (χ4n) is 6.64. The molecule has 238 valence electrons. The van der Waals surface area contributed by atoms with Crippen molar-refractivity contribution >= 4 is 32.8 Å². The summed E-state index contributed by atoms with van der Waals surface area (Å²) in [6.45, 7) is 13.4. The van der Waals surface area contributed by atoms with Gasteiger partial charge < -0.3 is 13.9 Å². The summed E-state index contributed by atoms with van der Waals surface area (Å²) in [5, 5.41) is 2.30. The number of para-hydroxylation sites is 2. The summed E-state index contributed by atoms with van der Waals surface area (Å²) in [7, 11) is 0. The van der Waals surface area contributed by atoms with Gasteiger partial charge in [0.15, 0.2) is 0 Å². The van der Waals surface area contributed by atoms with E-state index >= 15 is 0 Å². The van der Waals surface area contributed by atoms with Crippen molar-refractivity contribution in [3.8, 4) is 28.7 Å². The second-order valence-electron chi connectivity index (χ2n) is 14.6. The number of nitrogens with zero attached hydrogens (tertiary/aromatic N) is 5. The molecule has 0 saturated carbocycles. The molecule has 0 radical (unpaired) electrons. The van der Waals surface area contributed by atoms with E-state index in [0.717, 1.165) is 56.1 Å². The highest BCUT2D eigenvalue weighted by molar-refractivity contribution is 6.20. The number of benzene rings is 4. The van der Waals surface area contributed by atoms with Gasteiger partial charge in [-0.25, -0.2) is 9.97 Å². The molecule has 0 atom stereocenters. The van der Waals surface area contributed by atoms with Crippen LogP contribution in [-0.2, 0) is 10.8 Å². The van der Waals surface area contributed by atoms with Gasteiger partial charge in [-0.1, -0.05) is 77.9 Å². The Bertz CT molecular complexity index is 2430. The van der Waals surface area contributed by atoms with Gasteiger partial charge in [0, 0.05) is 47.2 Å². The first kappa shape index (κ1) is 29.8. The molecule has 0 bridgehead atoms. The third kappa shape index (κ3) is 5.05. The molecule has 48 heavy (non-hydrogen) atoms. The molecule has 4 heterocycles. The van der Waals surface area contributed by atoms with Crippen LogP contribution in [0.2, 0.25) is 0 Å². The van der Waals surface area contributed by atoms with Gasteiger partial charge in [0.1, 0.15) is 17.3 Å². The Balaban J connectivity index is 1.39.